The zero-order valence-corrected chi connectivity index (χ0v) is 13.6. The highest BCUT2D eigenvalue weighted by Gasteiger charge is 2.33. The van der Waals surface area contributed by atoms with Gasteiger partial charge in [-0.2, -0.15) is 0 Å². The van der Waals surface area contributed by atoms with Gasteiger partial charge in [0.2, 0.25) is 0 Å². The van der Waals surface area contributed by atoms with Crippen molar-refractivity contribution < 1.29 is 4.42 Å². The highest BCUT2D eigenvalue weighted by atomic mass is 16.3. The van der Waals surface area contributed by atoms with Crippen LogP contribution in [0.25, 0.3) is 11.0 Å². The predicted octanol–water partition coefficient (Wildman–Crippen LogP) is 5.22. The molecule has 0 spiro atoms. The number of rotatable bonds is 4. The Morgan fingerprint density at radius 3 is 2.71 bits per heavy atom. The fraction of sp³-hybridized carbons (Fsp3) is 0.579. The van der Waals surface area contributed by atoms with Crippen LogP contribution in [0, 0.1) is 18.8 Å². The number of para-hydroxylation sites is 1. The summed E-state index contributed by atoms with van der Waals surface area (Å²) in [6, 6.07) is 9.23. The minimum Gasteiger partial charge on any atom is -0.459 e. The standard InChI is InChI=1S/C19H27NO/c1-5-15-10-11-17(12(15)2)20-14(4)19-13(3)16-8-6-7-9-18(16)21-19/h6-9,12,14-15,17,20H,5,10-11H2,1-4H3. The van der Waals surface area contributed by atoms with Crippen molar-refractivity contribution in [2.24, 2.45) is 11.8 Å². The Balaban J connectivity index is 1.78. The maximum Gasteiger partial charge on any atom is 0.134 e. The normalized spacial score (nSPS) is 27.3. The molecule has 1 N–H and O–H groups in total. The molecule has 1 aromatic carbocycles. The van der Waals surface area contributed by atoms with Gasteiger partial charge in [-0.15, -0.1) is 0 Å². The summed E-state index contributed by atoms with van der Waals surface area (Å²) in [6.45, 7) is 9.12. The number of hydrogen-bond donors (Lipinski definition) is 1. The molecule has 1 aliphatic rings. The Hall–Kier alpha value is -1.28. The molecule has 2 aromatic rings. The second-order valence-electron chi connectivity index (χ2n) is 6.69. The molecule has 0 aliphatic heterocycles. The third-order valence-corrected chi connectivity index (χ3v) is 5.49. The third-order valence-electron chi connectivity index (χ3n) is 5.49. The van der Waals surface area contributed by atoms with Gasteiger partial charge in [0.15, 0.2) is 0 Å². The van der Waals surface area contributed by atoms with Gasteiger partial charge in [0.05, 0.1) is 6.04 Å². The summed E-state index contributed by atoms with van der Waals surface area (Å²) in [6.07, 6.45) is 3.96. The summed E-state index contributed by atoms with van der Waals surface area (Å²) in [4.78, 5) is 0. The Morgan fingerprint density at radius 1 is 1.29 bits per heavy atom. The van der Waals surface area contributed by atoms with Crippen LogP contribution < -0.4 is 5.32 Å². The van der Waals surface area contributed by atoms with E-state index in [2.05, 4.69) is 51.2 Å². The van der Waals surface area contributed by atoms with Gasteiger partial charge in [-0.25, -0.2) is 0 Å². The van der Waals surface area contributed by atoms with Crippen LogP contribution >= 0.6 is 0 Å². The maximum atomic E-state index is 6.10. The lowest BCUT2D eigenvalue weighted by molar-refractivity contribution is 0.313. The van der Waals surface area contributed by atoms with Crippen LogP contribution in [0.5, 0.6) is 0 Å². The summed E-state index contributed by atoms with van der Waals surface area (Å²) >= 11 is 0. The fourth-order valence-electron chi connectivity index (χ4n) is 4.06. The van der Waals surface area contributed by atoms with Crippen molar-refractivity contribution in [2.45, 2.75) is 59.0 Å². The van der Waals surface area contributed by atoms with E-state index in [9.17, 15) is 0 Å². The van der Waals surface area contributed by atoms with Gasteiger partial charge >= 0.3 is 0 Å². The number of fused-ring (bicyclic) bond motifs is 1. The summed E-state index contributed by atoms with van der Waals surface area (Å²) in [5.74, 6) is 2.75. The second-order valence-corrected chi connectivity index (χ2v) is 6.69. The molecule has 0 amide bonds. The molecule has 3 rings (SSSR count). The highest BCUT2D eigenvalue weighted by molar-refractivity contribution is 5.82. The van der Waals surface area contributed by atoms with E-state index in [1.807, 2.05) is 6.07 Å². The van der Waals surface area contributed by atoms with Gasteiger partial charge < -0.3 is 9.73 Å². The first-order valence-electron chi connectivity index (χ1n) is 8.35. The van der Waals surface area contributed by atoms with E-state index in [-0.39, 0.29) is 6.04 Å². The molecule has 114 valence electrons. The second kappa shape index (κ2) is 5.84. The first-order valence-corrected chi connectivity index (χ1v) is 8.35. The Kier molecular flexibility index (Phi) is 4.08. The van der Waals surface area contributed by atoms with Gasteiger partial charge in [-0.05, 0) is 50.2 Å². The molecule has 1 heterocycles. The number of nitrogens with one attached hydrogen (secondary N) is 1. The lowest BCUT2D eigenvalue weighted by Gasteiger charge is -2.24. The summed E-state index contributed by atoms with van der Waals surface area (Å²) in [5.41, 5.74) is 2.29. The largest absolute Gasteiger partial charge is 0.459 e. The van der Waals surface area contributed by atoms with Gasteiger partial charge in [0.25, 0.3) is 0 Å². The highest BCUT2D eigenvalue weighted by Crippen LogP contribution is 2.36. The van der Waals surface area contributed by atoms with Gasteiger partial charge in [0.1, 0.15) is 11.3 Å². The van der Waals surface area contributed by atoms with Gasteiger partial charge in [-0.1, -0.05) is 38.5 Å². The van der Waals surface area contributed by atoms with Crippen molar-refractivity contribution in [3.8, 4) is 0 Å². The van der Waals surface area contributed by atoms with E-state index in [0.717, 1.165) is 23.2 Å². The predicted molar refractivity (Wildman–Crippen MR) is 88.5 cm³/mol. The average Bonchev–Trinajstić information content (AvgIpc) is 3.01. The third kappa shape index (κ3) is 2.62. The molecule has 1 fully saturated rings. The topological polar surface area (TPSA) is 25.2 Å². The number of aryl methyl sites for hydroxylation is 1. The van der Waals surface area contributed by atoms with Crippen molar-refractivity contribution in [3.63, 3.8) is 0 Å². The first kappa shape index (κ1) is 14.6. The molecule has 0 radical (unpaired) electrons. The van der Waals surface area contributed by atoms with E-state index < -0.39 is 0 Å². The Labute approximate surface area is 127 Å². The molecule has 0 saturated heterocycles. The molecular weight excluding hydrogens is 258 g/mol. The monoisotopic (exact) mass is 285 g/mol. The van der Waals surface area contributed by atoms with Crippen LogP contribution in [-0.2, 0) is 0 Å². The van der Waals surface area contributed by atoms with Crippen LogP contribution in [0.15, 0.2) is 28.7 Å². The molecule has 4 unspecified atom stereocenters. The number of furan rings is 1. The molecular formula is C19H27NO. The van der Waals surface area contributed by atoms with Crippen molar-refractivity contribution in [2.75, 3.05) is 0 Å². The Morgan fingerprint density at radius 2 is 2.05 bits per heavy atom. The van der Waals surface area contributed by atoms with Crippen LogP contribution in [-0.4, -0.2) is 6.04 Å². The summed E-state index contributed by atoms with van der Waals surface area (Å²) < 4.78 is 6.10. The zero-order chi connectivity index (χ0) is 15.0. The maximum absolute atomic E-state index is 6.10. The van der Waals surface area contributed by atoms with Crippen molar-refractivity contribution in [3.05, 3.63) is 35.6 Å². The summed E-state index contributed by atoms with van der Waals surface area (Å²) in [7, 11) is 0. The molecule has 1 aromatic heterocycles. The van der Waals surface area contributed by atoms with Crippen molar-refractivity contribution in [1.82, 2.24) is 5.32 Å². The van der Waals surface area contributed by atoms with Gasteiger partial charge in [-0.3, -0.25) is 0 Å². The van der Waals surface area contributed by atoms with E-state index >= 15 is 0 Å². The van der Waals surface area contributed by atoms with E-state index in [4.69, 9.17) is 4.42 Å². The van der Waals surface area contributed by atoms with Crippen molar-refractivity contribution >= 4 is 11.0 Å². The quantitative estimate of drug-likeness (QED) is 0.833. The molecule has 1 aliphatic carbocycles. The molecule has 2 nitrogen and oxygen atoms in total. The van der Waals surface area contributed by atoms with Crippen LogP contribution in [0.3, 0.4) is 0 Å². The number of hydrogen-bond acceptors (Lipinski definition) is 2. The first-order chi connectivity index (χ1) is 10.1. The number of benzene rings is 1. The fourth-order valence-corrected chi connectivity index (χ4v) is 4.06. The minimum atomic E-state index is 0.278. The van der Waals surface area contributed by atoms with Crippen molar-refractivity contribution in [1.29, 1.82) is 0 Å². The molecule has 21 heavy (non-hydrogen) atoms. The smallest absolute Gasteiger partial charge is 0.134 e. The van der Waals surface area contributed by atoms with E-state index in [0.29, 0.717) is 6.04 Å². The van der Waals surface area contributed by atoms with E-state index in [1.54, 1.807) is 0 Å². The lowest BCUT2D eigenvalue weighted by Crippen LogP contribution is -2.34. The van der Waals surface area contributed by atoms with E-state index in [1.165, 1.54) is 30.2 Å². The van der Waals surface area contributed by atoms with Gasteiger partial charge in [0, 0.05) is 11.4 Å². The average molecular weight is 285 g/mol. The lowest BCUT2D eigenvalue weighted by atomic mass is 9.93. The molecule has 0 bridgehead atoms. The zero-order valence-electron chi connectivity index (χ0n) is 13.6. The Bertz CT molecular complexity index is 615. The molecule has 2 heteroatoms. The van der Waals surface area contributed by atoms with Crippen LogP contribution in [0.1, 0.15) is 57.4 Å². The molecule has 1 saturated carbocycles. The van der Waals surface area contributed by atoms with Crippen LogP contribution in [0.4, 0.5) is 0 Å². The minimum absolute atomic E-state index is 0.278. The molecule has 4 atom stereocenters. The SMILES string of the molecule is CCC1CCC(NC(C)c2oc3ccccc3c2C)C1C. The summed E-state index contributed by atoms with van der Waals surface area (Å²) in [5, 5.41) is 5.06. The van der Waals surface area contributed by atoms with Crippen LogP contribution in [0.2, 0.25) is 0 Å².